The van der Waals surface area contributed by atoms with Gasteiger partial charge in [-0.1, -0.05) is 6.92 Å². The van der Waals surface area contributed by atoms with E-state index >= 15 is 0 Å². The predicted octanol–water partition coefficient (Wildman–Crippen LogP) is 1.95. The highest BCUT2D eigenvalue weighted by molar-refractivity contribution is 7.99. The van der Waals surface area contributed by atoms with Gasteiger partial charge in [0.2, 0.25) is 11.8 Å². The predicted molar refractivity (Wildman–Crippen MR) is 61.0 cm³/mol. The van der Waals surface area contributed by atoms with Crippen LogP contribution in [0, 0.1) is 6.92 Å². The number of carbonyl (C=O) groups excluding carboxylic acids is 1. The second kappa shape index (κ2) is 6.52. The van der Waals surface area contributed by atoms with Crippen LogP contribution in [0.2, 0.25) is 0 Å². The van der Waals surface area contributed by atoms with Gasteiger partial charge in [0.15, 0.2) is 0 Å². The lowest BCUT2D eigenvalue weighted by Gasteiger charge is -2.08. The molecule has 0 radical (unpaired) electrons. The van der Waals surface area contributed by atoms with Crippen LogP contribution in [0.15, 0.2) is 4.42 Å². The van der Waals surface area contributed by atoms with E-state index in [4.69, 9.17) is 9.15 Å². The van der Waals surface area contributed by atoms with E-state index in [0.29, 0.717) is 30.6 Å². The summed E-state index contributed by atoms with van der Waals surface area (Å²) in [6, 6.07) is 0. The van der Waals surface area contributed by atoms with Gasteiger partial charge >= 0.3 is 5.97 Å². The minimum Gasteiger partial charge on any atom is -0.466 e. The van der Waals surface area contributed by atoms with Gasteiger partial charge in [0.05, 0.1) is 18.8 Å². The van der Waals surface area contributed by atoms with Crippen molar-refractivity contribution in [2.75, 3.05) is 6.61 Å². The molecule has 1 heterocycles. The number of rotatable bonds is 6. The molecule has 1 aromatic rings. The Morgan fingerprint density at radius 1 is 1.56 bits per heavy atom. The molecule has 1 aromatic heterocycles. The summed E-state index contributed by atoms with van der Waals surface area (Å²) >= 11 is 1.60. The van der Waals surface area contributed by atoms with Gasteiger partial charge in [-0.3, -0.25) is 4.79 Å². The molecule has 0 aliphatic rings. The molecule has 0 saturated heterocycles. The summed E-state index contributed by atoms with van der Waals surface area (Å²) in [6.07, 6.45) is 0.408. The van der Waals surface area contributed by atoms with Gasteiger partial charge in [0, 0.05) is 12.2 Å². The van der Waals surface area contributed by atoms with Crippen LogP contribution in [0.3, 0.4) is 0 Å². The zero-order valence-electron chi connectivity index (χ0n) is 9.73. The van der Waals surface area contributed by atoms with Gasteiger partial charge in [-0.2, -0.15) is 0 Å². The molecule has 0 spiro atoms. The molecule has 5 nitrogen and oxygen atoms in total. The van der Waals surface area contributed by atoms with E-state index in [1.165, 1.54) is 0 Å². The highest BCUT2D eigenvalue weighted by atomic mass is 32.2. The summed E-state index contributed by atoms with van der Waals surface area (Å²) < 4.78 is 10.1. The Labute approximate surface area is 99.0 Å². The van der Waals surface area contributed by atoms with E-state index in [9.17, 15) is 4.79 Å². The van der Waals surface area contributed by atoms with Gasteiger partial charge in [0.25, 0.3) is 0 Å². The van der Waals surface area contributed by atoms with Crippen molar-refractivity contribution < 1.29 is 13.9 Å². The Kier molecular flexibility index (Phi) is 5.31. The van der Waals surface area contributed by atoms with E-state index in [-0.39, 0.29) is 11.2 Å². The van der Waals surface area contributed by atoms with Crippen LogP contribution in [-0.2, 0) is 15.3 Å². The molecule has 1 unspecified atom stereocenters. The van der Waals surface area contributed by atoms with E-state index in [0.717, 1.165) is 0 Å². The van der Waals surface area contributed by atoms with Gasteiger partial charge in [-0.25, -0.2) is 0 Å². The minimum absolute atomic E-state index is 0.163. The lowest BCUT2D eigenvalue weighted by molar-refractivity contribution is -0.142. The van der Waals surface area contributed by atoms with Crippen molar-refractivity contribution >= 4 is 17.7 Å². The van der Waals surface area contributed by atoms with E-state index < -0.39 is 0 Å². The van der Waals surface area contributed by atoms with Crippen molar-refractivity contribution in [3.63, 3.8) is 0 Å². The first-order chi connectivity index (χ1) is 7.61. The van der Waals surface area contributed by atoms with Crippen molar-refractivity contribution in [2.45, 2.75) is 38.2 Å². The molecule has 0 aliphatic heterocycles. The topological polar surface area (TPSA) is 65.2 Å². The Balaban J connectivity index is 2.24. The maximum Gasteiger partial charge on any atom is 0.306 e. The van der Waals surface area contributed by atoms with Crippen molar-refractivity contribution in [1.82, 2.24) is 10.2 Å². The molecule has 1 rings (SSSR count). The van der Waals surface area contributed by atoms with Crippen LogP contribution >= 0.6 is 11.8 Å². The molecule has 0 aromatic carbocycles. The molecule has 6 heteroatoms. The average molecular weight is 244 g/mol. The number of hydrogen-bond acceptors (Lipinski definition) is 6. The third-order valence-corrected chi connectivity index (χ3v) is 2.97. The van der Waals surface area contributed by atoms with Crippen LogP contribution in [0.5, 0.6) is 0 Å². The Bertz CT molecular complexity index is 341. The van der Waals surface area contributed by atoms with E-state index in [2.05, 4.69) is 10.2 Å². The molecule has 0 aliphatic carbocycles. The SMILES string of the molecule is CCOC(=O)CC(C)SCc1nnc(C)o1. The highest BCUT2D eigenvalue weighted by Crippen LogP contribution is 2.19. The Morgan fingerprint density at radius 2 is 2.31 bits per heavy atom. The van der Waals surface area contributed by atoms with E-state index in [1.807, 2.05) is 6.92 Å². The molecule has 0 amide bonds. The number of hydrogen-bond donors (Lipinski definition) is 0. The third kappa shape index (κ3) is 4.65. The van der Waals surface area contributed by atoms with Crippen molar-refractivity contribution in [2.24, 2.45) is 0 Å². The van der Waals surface area contributed by atoms with Crippen molar-refractivity contribution in [1.29, 1.82) is 0 Å². The van der Waals surface area contributed by atoms with E-state index in [1.54, 1.807) is 25.6 Å². The fourth-order valence-corrected chi connectivity index (χ4v) is 1.92. The summed E-state index contributed by atoms with van der Waals surface area (Å²) in [5.74, 6) is 1.62. The summed E-state index contributed by atoms with van der Waals surface area (Å²) in [5, 5.41) is 7.80. The van der Waals surface area contributed by atoms with Crippen molar-refractivity contribution in [3.05, 3.63) is 11.8 Å². The quantitative estimate of drug-likeness (QED) is 0.713. The number of aromatic nitrogens is 2. The van der Waals surface area contributed by atoms with Crippen LogP contribution in [0.1, 0.15) is 32.0 Å². The fraction of sp³-hybridized carbons (Fsp3) is 0.700. The first-order valence-corrected chi connectivity index (χ1v) is 6.23. The minimum atomic E-state index is -0.163. The summed E-state index contributed by atoms with van der Waals surface area (Å²) in [7, 11) is 0. The molecule has 1 atom stereocenters. The van der Waals surface area contributed by atoms with Crippen LogP contribution in [0.4, 0.5) is 0 Å². The number of nitrogens with zero attached hydrogens (tertiary/aromatic N) is 2. The summed E-state index contributed by atoms with van der Waals surface area (Å²) in [4.78, 5) is 11.2. The average Bonchev–Trinajstić information content (AvgIpc) is 2.61. The normalized spacial score (nSPS) is 12.4. The third-order valence-electron chi connectivity index (χ3n) is 1.82. The number of thioether (sulfide) groups is 1. The molecule has 0 fully saturated rings. The first-order valence-electron chi connectivity index (χ1n) is 5.18. The zero-order valence-corrected chi connectivity index (χ0v) is 10.5. The molecule has 0 bridgehead atoms. The molecular formula is C10H16N2O3S. The number of aryl methyl sites for hydroxylation is 1. The Morgan fingerprint density at radius 3 is 2.88 bits per heavy atom. The van der Waals surface area contributed by atoms with Gasteiger partial charge in [0.1, 0.15) is 0 Å². The zero-order chi connectivity index (χ0) is 12.0. The summed E-state index contributed by atoms with van der Waals surface area (Å²) in [5.41, 5.74) is 0. The lowest BCUT2D eigenvalue weighted by atomic mass is 10.3. The number of ether oxygens (including phenoxy) is 1. The largest absolute Gasteiger partial charge is 0.466 e. The van der Waals surface area contributed by atoms with Crippen LogP contribution in [0.25, 0.3) is 0 Å². The fourth-order valence-electron chi connectivity index (χ4n) is 1.12. The van der Waals surface area contributed by atoms with Gasteiger partial charge < -0.3 is 9.15 Å². The second-order valence-electron chi connectivity index (χ2n) is 3.35. The first kappa shape index (κ1) is 13.0. The molecule has 16 heavy (non-hydrogen) atoms. The molecule has 90 valence electrons. The second-order valence-corrected chi connectivity index (χ2v) is 4.77. The molecule has 0 saturated carbocycles. The molecule has 0 N–H and O–H groups in total. The Hall–Kier alpha value is -1.04. The maximum absolute atomic E-state index is 11.2. The standard InChI is InChI=1S/C10H16N2O3S/c1-4-14-10(13)5-7(2)16-6-9-12-11-8(3)15-9/h7H,4-6H2,1-3H3. The van der Waals surface area contributed by atoms with Crippen LogP contribution < -0.4 is 0 Å². The van der Waals surface area contributed by atoms with Gasteiger partial charge in [-0.05, 0) is 6.92 Å². The lowest BCUT2D eigenvalue weighted by Crippen LogP contribution is -2.10. The number of esters is 1. The highest BCUT2D eigenvalue weighted by Gasteiger charge is 2.12. The van der Waals surface area contributed by atoms with Crippen LogP contribution in [-0.4, -0.2) is 28.0 Å². The monoisotopic (exact) mass is 244 g/mol. The number of carbonyl (C=O) groups is 1. The smallest absolute Gasteiger partial charge is 0.306 e. The summed E-state index contributed by atoms with van der Waals surface area (Å²) in [6.45, 7) is 5.96. The molecular weight excluding hydrogens is 228 g/mol. The van der Waals surface area contributed by atoms with Gasteiger partial charge in [-0.15, -0.1) is 22.0 Å². The van der Waals surface area contributed by atoms with Crippen molar-refractivity contribution in [3.8, 4) is 0 Å². The maximum atomic E-state index is 11.2.